The summed E-state index contributed by atoms with van der Waals surface area (Å²) in [5, 5.41) is 7.01. The highest BCUT2D eigenvalue weighted by Gasteiger charge is 2.22. The van der Waals surface area contributed by atoms with E-state index in [9.17, 15) is 4.79 Å². The van der Waals surface area contributed by atoms with Gasteiger partial charge in [-0.3, -0.25) is 4.79 Å². The predicted molar refractivity (Wildman–Crippen MR) is 130 cm³/mol. The van der Waals surface area contributed by atoms with Crippen molar-refractivity contribution in [3.8, 4) is 5.75 Å². The highest BCUT2D eigenvalue weighted by Crippen LogP contribution is 2.31. The number of unbranched alkanes of at least 4 members (excludes halogenated alkanes) is 1. The molecule has 0 fully saturated rings. The number of benzene rings is 1. The first kappa shape index (κ1) is 25.5. The summed E-state index contributed by atoms with van der Waals surface area (Å²) in [5.41, 5.74) is 1.14. The molecule has 0 bridgehead atoms. The smallest absolute Gasteiger partial charge is 0.243 e. The quantitative estimate of drug-likeness (QED) is 0.296. The fourth-order valence-electron chi connectivity index (χ4n) is 3.28. The van der Waals surface area contributed by atoms with Gasteiger partial charge in [0, 0.05) is 32.6 Å². The number of hydrogen-bond donors (Lipinski definition) is 2. The molecular weight excluding hydrogens is 479 g/mol. The number of ether oxygens (including phenoxy) is 1. The summed E-state index contributed by atoms with van der Waals surface area (Å²) in [6.45, 7) is 6.13. The predicted octanol–water partition coefficient (Wildman–Crippen LogP) is 3.97. The standard InChI is InChI=1S/C22H36N4O2.HI/c1-5-7-10-17(6-2)15-23-22(24-16-21(27)26(3)4)25-19-13-14-28-20-12-9-8-11-18(19)20;/h8-9,11-12,17,19H,5-7,10,13-16H2,1-4H3,(H2,23,24,25);1H. The fourth-order valence-corrected chi connectivity index (χ4v) is 3.28. The van der Waals surface area contributed by atoms with Crippen LogP contribution in [0.3, 0.4) is 0 Å². The zero-order chi connectivity index (χ0) is 20.4. The molecule has 0 aliphatic carbocycles. The van der Waals surface area contributed by atoms with Crippen molar-refractivity contribution in [2.75, 3.05) is 33.8 Å². The number of para-hydroxylation sites is 1. The Hall–Kier alpha value is -1.51. The maximum absolute atomic E-state index is 12.0. The van der Waals surface area contributed by atoms with Crippen molar-refractivity contribution in [1.29, 1.82) is 0 Å². The van der Waals surface area contributed by atoms with Gasteiger partial charge >= 0.3 is 0 Å². The topological polar surface area (TPSA) is 66.0 Å². The summed E-state index contributed by atoms with van der Waals surface area (Å²) in [6, 6.07) is 8.23. The van der Waals surface area contributed by atoms with Gasteiger partial charge in [0.25, 0.3) is 0 Å². The molecule has 0 saturated carbocycles. The van der Waals surface area contributed by atoms with Gasteiger partial charge in [0.1, 0.15) is 12.3 Å². The van der Waals surface area contributed by atoms with Crippen LogP contribution in [0.1, 0.15) is 57.6 Å². The number of nitrogens with zero attached hydrogens (tertiary/aromatic N) is 2. The molecule has 6 nitrogen and oxygen atoms in total. The Bertz CT molecular complexity index is 651. The van der Waals surface area contributed by atoms with E-state index in [1.165, 1.54) is 19.3 Å². The number of aliphatic imine (C=N–C) groups is 1. The lowest BCUT2D eigenvalue weighted by atomic mass is 9.99. The summed E-state index contributed by atoms with van der Waals surface area (Å²) in [6.07, 6.45) is 5.67. The molecule has 0 aromatic heterocycles. The Morgan fingerprint density at radius 2 is 2.07 bits per heavy atom. The van der Waals surface area contributed by atoms with Crippen molar-refractivity contribution in [2.24, 2.45) is 10.9 Å². The van der Waals surface area contributed by atoms with Gasteiger partial charge in [0.2, 0.25) is 5.91 Å². The van der Waals surface area contributed by atoms with Crippen LogP contribution < -0.4 is 15.4 Å². The van der Waals surface area contributed by atoms with E-state index in [0.29, 0.717) is 18.5 Å². The molecule has 164 valence electrons. The first-order chi connectivity index (χ1) is 13.5. The second-order valence-corrected chi connectivity index (χ2v) is 7.62. The Morgan fingerprint density at radius 1 is 1.31 bits per heavy atom. The van der Waals surface area contributed by atoms with Crippen molar-refractivity contribution in [1.82, 2.24) is 15.5 Å². The van der Waals surface area contributed by atoms with E-state index in [2.05, 4.69) is 35.5 Å². The van der Waals surface area contributed by atoms with Gasteiger partial charge in [0.05, 0.1) is 12.6 Å². The third kappa shape index (κ3) is 8.40. The number of carbonyl (C=O) groups excluding carboxylic acids is 1. The summed E-state index contributed by atoms with van der Waals surface area (Å²) in [5.74, 6) is 2.22. The molecule has 2 rings (SSSR count). The lowest BCUT2D eigenvalue weighted by molar-refractivity contribution is -0.127. The number of likely N-dealkylation sites (N-methyl/N-ethyl adjacent to an activating group) is 1. The zero-order valence-electron chi connectivity index (χ0n) is 18.2. The monoisotopic (exact) mass is 516 g/mol. The Labute approximate surface area is 192 Å². The number of nitrogens with one attached hydrogen (secondary N) is 2. The minimum atomic E-state index is -0.00787. The van der Waals surface area contributed by atoms with Gasteiger partial charge < -0.3 is 20.3 Å². The molecule has 1 aliphatic heterocycles. The second-order valence-electron chi connectivity index (χ2n) is 7.62. The molecular formula is C22H37IN4O2. The zero-order valence-corrected chi connectivity index (χ0v) is 20.6. The highest BCUT2D eigenvalue weighted by molar-refractivity contribution is 14.0. The Balaban J connectivity index is 0.00000420. The van der Waals surface area contributed by atoms with Gasteiger partial charge in [-0.05, 0) is 18.4 Å². The van der Waals surface area contributed by atoms with Crippen LogP contribution in [0, 0.1) is 5.92 Å². The van der Waals surface area contributed by atoms with Gasteiger partial charge in [-0.15, -0.1) is 24.0 Å². The molecule has 0 spiro atoms. The summed E-state index contributed by atoms with van der Waals surface area (Å²) in [4.78, 5) is 18.1. The van der Waals surface area contributed by atoms with E-state index in [0.717, 1.165) is 30.7 Å². The maximum Gasteiger partial charge on any atom is 0.243 e. The fraction of sp³-hybridized carbons (Fsp3) is 0.636. The average molecular weight is 516 g/mol. The van der Waals surface area contributed by atoms with Crippen LogP contribution >= 0.6 is 24.0 Å². The number of halogens is 1. The van der Waals surface area contributed by atoms with Crippen molar-refractivity contribution < 1.29 is 9.53 Å². The molecule has 1 aromatic rings. The molecule has 7 heteroatoms. The normalized spacial score (nSPS) is 16.7. The van der Waals surface area contributed by atoms with Crippen molar-refractivity contribution in [3.05, 3.63) is 29.8 Å². The first-order valence-corrected chi connectivity index (χ1v) is 10.5. The largest absolute Gasteiger partial charge is 0.493 e. The number of hydrogen-bond acceptors (Lipinski definition) is 3. The molecule has 29 heavy (non-hydrogen) atoms. The Kier molecular flexibility index (Phi) is 12.0. The van der Waals surface area contributed by atoms with Gasteiger partial charge in [-0.2, -0.15) is 0 Å². The molecule has 1 aromatic carbocycles. The van der Waals surface area contributed by atoms with Crippen LogP contribution in [0.2, 0.25) is 0 Å². The number of amides is 1. The van der Waals surface area contributed by atoms with Crippen LogP contribution in [0.5, 0.6) is 5.75 Å². The van der Waals surface area contributed by atoms with E-state index in [-0.39, 0.29) is 42.5 Å². The number of fused-ring (bicyclic) bond motifs is 1. The number of carbonyl (C=O) groups is 1. The molecule has 1 amide bonds. The van der Waals surface area contributed by atoms with E-state index in [1.54, 1.807) is 19.0 Å². The van der Waals surface area contributed by atoms with Crippen molar-refractivity contribution >= 4 is 35.8 Å². The SMILES string of the molecule is CCCCC(CC)CNC(=NCC(=O)N(C)C)NC1CCOc2ccccc21.I. The lowest BCUT2D eigenvalue weighted by Gasteiger charge is -2.28. The van der Waals surface area contributed by atoms with Gasteiger partial charge in [-0.1, -0.05) is 51.3 Å². The summed E-state index contributed by atoms with van der Waals surface area (Å²) >= 11 is 0. The van der Waals surface area contributed by atoms with Crippen molar-refractivity contribution in [2.45, 2.75) is 52.0 Å². The van der Waals surface area contributed by atoms with Crippen molar-refractivity contribution in [3.63, 3.8) is 0 Å². The molecule has 2 N–H and O–H groups in total. The Morgan fingerprint density at radius 3 is 2.76 bits per heavy atom. The minimum absolute atomic E-state index is 0. The van der Waals surface area contributed by atoms with Crippen LogP contribution in [-0.4, -0.2) is 50.6 Å². The number of guanidine groups is 1. The molecule has 0 saturated heterocycles. The highest BCUT2D eigenvalue weighted by atomic mass is 127. The average Bonchev–Trinajstić information content (AvgIpc) is 2.71. The van der Waals surface area contributed by atoms with E-state index < -0.39 is 0 Å². The lowest BCUT2D eigenvalue weighted by Crippen LogP contribution is -2.43. The molecule has 1 aliphatic rings. The molecule has 2 atom stereocenters. The van der Waals surface area contributed by atoms with Crippen LogP contribution in [0.4, 0.5) is 0 Å². The van der Waals surface area contributed by atoms with Crippen LogP contribution in [0.15, 0.2) is 29.3 Å². The maximum atomic E-state index is 12.0. The molecule has 1 heterocycles. The molecule has 0 radical (unpaired) electrons. The van der Waals surface area contributed by atoms with Crippen LogP contribution in [0.25, 0.3) is 0 Å². The first-order valence-electron chi connectivity index (χ1n) is 10.5. The molecule has 2 unspecified atom stereocenters. The minimum Gasteiger partial charge on any atom is -0.493 e. The van der Waals surface area contributed by atoms with Gasteiger partial charge in [0.15, 0.2) is 5.96 Å². The van der Waals surface area contributed by atoms with Crippen LogP contribution in [-0.2, 0) is 4.79 Å². The van der Waals surface area contributed by atoms with E-state index >= 15 is 0 Å². The number of rotatable bonds is 9. The van der Waals surface area contributed by atoms with E-state index in [1.807, 2.05) is 18.2 Å². The third-order valence-corrected chi connectivity index (χ3v) is 5.24. The summed E-state index contributed by atoms with van der Waals surface area (Å²) < 4.78 is 5.76. The van der Waals surface area contributed by atoms with Gasteiger partial charge in [-0.25, -0.2) is 4.99 Å². The third-order valence-electron chi connectivity index (χ3n) is 5.24. The van der Waals surface area contributed by atoms with E-state index in [4.69, 9.17) is 4.74 Å². The summed E-state index contributed by atoms with van der Waals surface area (Å²) in [7, 11) is 3.51. The second kappa shape index (κ2) is 13.7.